The lowest BCUT2D eigenvalue weighted by Crippen LogP contribution is -2.39. The standard InChI is InChI=1S/C12H14N4O2/c1-8(9-4-6-13-7-5-9)15-16-12(18)11(17)14-10-2-3-10/h4-7,10H,2-3H2,1H3,(H,14,17)(H,16,18)/b15-8-. The summed E-state index contributed by atoms with van der Waals surface area (Å²) in [4.78, 5) is 26.6. The Morgan fingerprint density at radius 1 is 1.28 bits per heavy atom. The number of hydrogen-bond donors (Lipinski definition) is 2. The summed E-state index contributed by atoms with van der Waals surface area (Å²) >= 11 is 0. The van der Waals surface area contributed by atoms with Crippen molar-refractivity contribution in [1.82, 2.24) is 15.7 Å². The minimum Gasteiger partial charge on any atom is -0.345 e. The zero-order valence-electron chi connectivity index (χ0n) is 10.0. The molecule has 1 aliphatic carbocycles. The maximum atomic E-state index is 11.4. The molecule has 0 spiro atoms. The molecule has 6 nitrogen and oxygen atoms in total. The van der Waals surface area contributed by atoms with Crippen molar-refractivity contribution in [2.45, 2.75) is 25.8 Å². The van der Waals surface area contributed by atoms with Crippen LogP contribution >= 0.6 is 0 Å². The van der Waals surface area contributed by atoms with Crippen molar-refractivity contribution in [2.24, 2.45) is 5.10 Å². The number of rotatable bonds is 3. The van der Waals surface area contributed by atoms with Crippen LogP contribution in [0.25, 0.3) is 0 Å². The molecule has 1 fully saturated rings. The van der Waals surface area contributed by atoms with Crippen molar-refractivity contribution in [1.29, 1.82) is 0 Å². The molecule has 1 aromatic heterocycles. The van der Waals surface area contributed by atoms with Crippen LogP contribution < -0.4 is 10.7 Å². The van der Waals surface area contributed by atoms with Gasteiger partial charge < -0.3 is 5.32 Å². The van der Waals surface area contributed by atoms with Crippen LogP contribution in [-0.2, 0) is 9.59 Å². The smallest absolute Gasteiger partial charge is 0.329 e. The number of hydrogen-bond acceptors (Lipinski definition) is 4. The molecule has 0 saturated heterocycles. The largest absolute Gasteiger partial charge is 0.345 e. The molecule has 1 aromatic rings. The molecular weight excluding hydrogens is 232 g/mol. The summed E-state index contributed by atoms with van der Waals surface area (Å²) in [6.07, 6.45) is 5.16. The first-order valence-electron chi connectivity index (χ1n) is 5.72. The zero-order valence-corrected chi connectivity index (χ0v) is 10.0. The van der Waals surface area contributed by atoms with Crippen LogP contribution in [-0.4, -0.2) is 28.6 Å². The molecular formula is C12H14N4O2. The quantitative estimate of drug-likeness (QED) is 0.454. The molecule has 0 bridgehead atoms. The van der Waals surface area contributed by atoms with Gasteiger partial charge in [0.05, 0.1) is 5.71 Å². The van der Waals surface area contributed by atoms with Crippen molar-refractivity contribution in [3.63, 3.8) is 0 Å². The zero-order chi connectivity index (χ0) is 13.0. The Labute approximate surface area is 104 Å². The van der Waals surface area contributed by atoms with Gasteiger partial charge in [-0.15, -0.1) is 0 Å². The Hall–Kier alpha value is -2.24. The SMILES string of the molecule is C/C(=N/NC(=O)C(=O)NC1CC1)c1ccncc1. The van der Waals surface area contributed by atoms with Crippen LogP contribution in [0.3, 0.4) is 0 Å². The van der Waals surface area contributed by atoms with Gasteiger partial charge in [-0.25, -0.2) is 5.43 Å². The number of nitrogens with zero attached hydrogens (tertiary/aromatic N) is 2. The maximum Gasteiger partial charge on any atom is 0.329 e. The van der Waals surface area contributed by atoms with E-state index in [1.165, 1.54) is 0 Å². The average Bonchev–Trinajstić information content (AvgIpc) is 3.20. The van der Waals surface area contributed by atoms with E-state index in [1.807, 2.05) is 0 Å². The van der Waals surface area contributed by atoms with Gasteiger partial charge in [-0.1, -0.05) is 0 Å². The fourth-order valence-corrected chi connectivity index (χ4v) is 1.32. The van der Waals surface area contributed by atoms with Gasteiger partial charge in [0.1, 0.15) is 0 Å². The average molecular weight is 246 g/mol. The minimum atomic E-state index is -0.740. The summed E-state index contributed by atoms with van der Waals surface area (Å²) in [5.74, 6) is -1.38. The van der Waals surface area contributed by atoms with Gasteiger partial charge in [-0.05, 0) is 31.9 Å². The Balaban J connectivity index is 1.89. The lowest BCUT2D eigenvalue weighted by Gasteiger charge is -2.03. The first-order valence-corrected chi connectivity index (χ1v) is 5.72. The highest BCUT2D eigenvalue weighted by atomic mass is 16.2. The van der Waals surface area contributed by atoms with E-state index in [-0.39, 0.29) is 6.04 Å². The molecule has 1 aliphatic rings. The summed E-state index contributed by atoms with van der Waals surface area (Å²) in [7, 11) is 0. The van der Waals surface area contributed by atoms with E-state index in [4.69, 9.17) is 0 Å². The molecule has 0 aliphatic heterocycles. The van der Waals surface area contributed by atoms with Crippen molar-refractivity contribution >= 4 is 17.5 Å². The van der Waals surface area contributed by atoms with Crippen LogP contribution in [0.1, 0.15) is 25.3 Å². The number of aromatic nitrogens is 1. The number of carbonyl (C=O) groups excluding carboxylic acids is 2. The molecule has 18 heavy (non-hydrogen) atoms. The third-order valence-electron chi connectivity index (χ3n) is 2.54. The van der Waals surface area contributed by atoms with Gasteiger partial charge in [0.25, 0.3) is 0 Å². The maximum absolute atomic E-state index is 11.4. The monoisotopic (exact) mass is 246 g/mol. The second kappa shape index (κ2) is 5.39. The van der Waals surface area contributed by atoms with Crippen LogP contribution in [0.2, 0.25) is 0 Å². The predicted octanol–water partition coefficient (Wildman–Crippen LogP) is 0.200. The topological polar surface area (TPSA) is 83.5 Å². The second-order valence-electron chi connectivity index (χ2n) is 4.12. The van der Waals surface area contributed by atoms with Crippen LogP contribution in [0.5, 0.6) is 0 Å². The van der Waals surface area contributed by atoms with Crippen LogP contribution in [0, 0.1) is 0 Å². The van der Waals surface area contributed by atoms with Gasteiger partial charge in [-0.2, -0.15) is 5.10 Å². The van der Waals surface area contributed by atoms with E-state index in [1.54, 1.807) is 31.5 Å². The molecule has 1 saturated carbocycles. The van der Waals surface area contributed by atoms with Crippen molar-refractivity contribution < 1.29 is 9.59 Å². The first kappa shape index (κ1) is 12.2. The number of pyridine rings is 1. The third-order valence-corrected chi connectivity index (χ3v) is 2.54. The molecule has 0 atom stereocenters. The van der Waals surface area contributed by atoms with E-state index in [9.17, 15) is 9.59 Å². The normalized spacial score (nSPS) is 15.1. The van der Waals surface area contributed by atoms with Gasteiger partial charge >= 0.3 is 11.8 Å². The number of hydrazone groups is 1. The third kappa shape index (κ3) is 3.38. The number of amides is 2. The Morgan fingerprint density at radius 2 is 1.94 bits per heavy atom. The van der Waals surface area contributed by atoms with E-state index in [0.717, 1.165) is 18.4 Å². The van der Waals surface area contributed by atoms with Crippen molar-refractivity contribution in [3.8, 4) is 0 Å². The highest BCUT2D eigenvalue weighted by Gasteiger charge is 2.26. The molecule has 94 valence electrons. The fourth-order valence-electron chi connectivity index (χ4n) is 1.32. The Bertz CT molecular complexity index is 480. The molecule has 0 unspecified atom stereocenters. The first-order chi connectivity index (χ1) is 8.66. The van der Waals surface area contributed by atoms with Crippen LogP contribution in [0.15, 0.2) is 29.6 Å². The summed E-state index contributed by atoms with van der Waals surface area (Å²) in [6, 6.07) is 3.71. The summed E-state index contributed by atoms with van der Waals surface area (Å²) in [6.45, 7) is 1.74. The predicted molar refractivity (Wildman–Crippen MR) is 65.8 cm³/mol. The lowest BCUT2D eigenvalue weighted by atomic mass is 10.2. The molecule has 2 N–H and O–H groups in total. The number of nitrogens with one attached hydrogen (secondary N) is 2. The van der Waals surface area contributed by atoms with Crippen molar-refractivity contribution in [2.75, 3.05) is 0 Å². The summed E-state index contributed by atoms with van der Waals surface area (Å²) < 4.78 is 0. The molecule has 0 radical (unpaired) electrons. The molecule has 2 amide bonds. The second-order valence-corrected chi connectivity index (χ2v) is 4.12. The van der Waals surface area contributed by atoms with E-state index in [0.29, 0.717) is 5.71 Å². The van der Waals surface area contributed by atoms with E-state index in [2.05, 4.69) is 20.8 Å². The summed E-state index contributed by atoms with van der Waals surface area (Å²) in [5, 5.41) is 6.46. The van der Waals surface area contributed by atoms with Gasteiger partial charge in [0, 0.05) is 24.0 Å². The highest BCUT2D eigenvalue weighted by molar-refractivity contribution is 6.35. The highest BCUT2D eigenvalue weighted by Crippen LogP contribution is 2.18. The molecule has 2 rings (SSSR count). The molecule has 1 heterocycles. The Kier molecular flexibility index (Phi) is 3.66. The van der Waals surface area contributed by atoms with Crippen LogP contribution in [0.4, 0.5) is 0 Å². The summed E-state index contributed by atoms with van der Waals surface area (Å²) in [5.41, 5.74) is 3.69. The van der Waals surface area contributed by atoms with Gasteiger partial charge in [0.2, 0.25) is 0 Å². The fraction of sp³-hybridized carbons (Fsp3) is 0.333. The van der Waals surface area contributed by atoms with Gasteiger partial charge in [-0.3, -0.25) is 14.6 Å². The number of carbonyl (C=O) groups is 2. The molecule has 6 heteroatoms. The van der Waals surface area contributed by atoms with E-state index < -0.39 is 11.8 Å². The van der Waals surface area contributed by atoms with E-state index >= 15 is 0 Å². The molecule has 0 aromatic carbocycles. The minimum absolute atomic E-state index is 0.161. The van der Waals surface area contributed by atoms with Crippen molar-refractivity contribution in [3.05, 3.63) is 30.1 Å². The lowest BCUT2D eigenvalue weighted by molar-refractivity contribution is -0.139. The Morgan fingerprint density at radius 3 is 2.56 bits per heavy atom. The van der Waals surface area contributed by atoms with Gasteiger partial charge in [0.15, 0.2) is 0 Å².